The van der Waals surface area contributed by atoms with Crippen molar-refractivity contribution >= 4 is 29.0 Å². The van der Waals surface area contributed by atoms with Gasteiger partial charge in [0.25, 0.3) is 5.91 Å². The molecule has 11 nitrogen and oxygen atoms in total. The minimum Gasteiger partial charge on any atom is -0.497 e. The summed E-state index contributed by atoms with van der Waals surface area (Å²) in [6.07, 6.45) is 4.45. The molecule has 0 unspecified atom stereocenters. The number of ether oxygens (including phenoxy) is 2. The number of halogens is 1. The van der Waals surface area contributed by atoms with E-state index in [0.29, 0.717) is 17.2 Å². The second kappa shape index (κ2) is 10.1. The fourth-order valence-corrected chi connectivity index (χ4v) is 4.64. The first-order chi connectivity index (χ1) is 18.3. The summed E-state index contributed by atoms with van der Waals surface area (Å²) in [7, 11) is 3.07. The molecule has 0 aliphatic heterocycles. The lowest BCUT2D eigenvalue weighted by molar-refractivity contribution is 0.100. The maximum Gasteiger partial charge on any atom is 0.256 e. The zero-order valence-corrected chi connectivity index (χ0v) is 21.1. The van der Waals surface area contributed by atoms with Crippen molar-refractivity contribution in [1.82, 2.24) is 19.6 Å². The highest BCUT2D eigenvalue weighted by molar-refractivity contribution is 6.04. The monoisotopic (exact) mass is 520 g/mol. The van der Waals surface area contributed by atoms with E-state index in [1.807, 2.05) is 0 Å². The second-order valence-electron chi connectivity index (χ2n) is 9.24. The lowest BCUT2D eigenvalue weighted by Gasteiger charge is -2.34. The third-order valence-electron chi connectivity index (χ3n) is 6.57. The van der Waals surface area contributed by atoms with Crippen molar-refractivity contribution in [3.63, 3.8) is 0 Å². The van der Waals surface area contributed by atoms with E-state index in [9.17, 15) is 9.18 Å². The van der Waals surface area contributed by atoms with Crippen molar-refractivity contribution in [3.05, 3.63) is 53.8 Å². The van der Waals surface area contributed by atoms with E-state index in [-0.39, 0.29) is 34.4 Å². The molecule has 2 heterocycles. The molecule has 0 saturated heterocycles. The molecule has 2 aromatic carbocycles. The van der Waals surface area contributed by atoms with Gasteiger partial charge in [0, 0.05) is 23.9 Å². The molecule has 0 bridgehead atoms. The summed E-state index contributed by atoms with van der Waals surface area (Å²) in [5.41, 5.74) is 12.5. The molecular formula is C26H29FN8O3. The van der Waals surface area contributed by atoms with Gasteiger partial charge in [-0.1, -0.05) is 18.6 Å². The number of anilines is 3. The molecule has 4 aromatic rings. The summed E-state index contributed by atoms with van der Waals surface area (Å²) >= 11 is 0. The standard InChI is InChI=1S/C26H29FN8O3/c1-37-16-12-15(13-17(14-16)38-2)30-23-20(21(28)36)24-31-22(18-8-4-5-9-19(18)27)34-35(24)25(32-23)33-26(29)10-6-3-7-11-26/h4-5,8-9,12-14,30H,3,6-7,10-11,29H2,1-2H3,(H2,28,36)(H,32,33). The number of aromatic nitrogens is 4. The Hall–Kier alpha value is -4.45. The van der Waals surface area contributed by atoms with E-state index in [1.165, 1.54) is 24.8 Å². The molecular weight excluding hydrogens is 491 g/mol. The average Bonchev–Trinajstić information content (AvgIpc) is 3.34. The van der Waals surface area contributed by atoms with Crippen molar-refractivity contribution in [2.75, 3.05) is 24.9 Å². The van der Waals surface area contributed by atoms with Crippen LogP contribution in [0, 0.1) is 5.82 Å². The number of carbonyl (C=O) groups excluding carboxylic acids is 1. The number of hydrogen-bond acceptors (Lipinski definition) is 9. The maximum atomic E-state index is 14.6. The van der Waals surface area contributed by atoms with Gasteiger partial charge in [-0.3, -0.25) is 4.79 Å². The summed E-state index contributed by atoms with van der Waals surface area (Å²) in [5.74, 6) is 0.190. The number of primary amides is 1. The topological polar surface area (TPSA) is 155 Å². The predicted molar refractivity (Wildman–Crippen MR) is 141 cm³/mol. The number of hydrogen-bond donors (Lipinski definition) is 4. The molecule has 1 aliphatic carbocycles. The Morgan fingerprint density at radius 3 is 2.37 bits per heavy atom. The first kappa shape index (κ1) is 25.2. The Labute approximate surface area is 218 Å². The van der Waals surface area contributed by atoms with Crippen LogP contribution in [0.2, 0.25) is 0 Å². The van der Waals surface area contributed by atoms with Gasteiger partial charge >= 0.3 is 0 Å². The summed E-state index contributed by atoms with van der Waals surface area (Å²) < 4.78 is 26.7. The van der Waals surface area contributed by atoms with Crippen molar-refractivity contribution < 1.29 is 18.7 Å². The van der Waals surface area contributed by atoms with E-state index < -0.39 is 17.4 Å². The summed E-state index contributed by atoms with van der Waals surface area (Å²) in [5, 5.41) is 10.9. The Kier molecular flexibility index (Phi) is 6.72. The molecule has 1 aliphatic rings. The lowest BCUT2D eigenvalue weighted by atomic mass is 9.90. The predicted octanol–water partition coefficient (Wildman–Crippen LogP) is 3.82. The molecule has 0 radical (unpaired) electrons. The van der Waals surface area contributed by atoms with E-state index >= 15 is 0 Å². The van der Waals surface area contributed by atoms with Gasteiger partial charge in [-0.25, -0.2) is 9.37 Å². The summed E-state index contributed by atoms with van der Waals surface area (Å²) in [6.45, 7) is 0. The fraction of sp³-hybridized carbons (Fsp3) is 0.308. The SMILES string of the molecule is COc1cc(Nc2nc(NC3(N)CCCCC3)n3nc(-c4ccccc4F)nc3c2C(N)=O)cc(OC)c1. The number of rotatable bonds is 8. The van der Waals surface area contributed by atoms with Gasteiger partial charge in [-0.05, 0) is 37.8 Å². The summed E-state index contributed by atoms with van der Waals surface area (Å²) in [4.78, 5) is 21.9. The van der Waals surface area contributed by atoms with Crippen LogP contribution in [-0.2, 0) is 0 Å². The van der Waals surface area contributed by atoms with Crippen LogP contribution in [0.15, 0.2) is 42.5 Å². The largest absolute Gasteiger partial charge is 0.497 e. The first-order valence-electron chi connectivity index (χ1n) is 12.2. The number of amides is 1. The first-order valence-corrected chi connectivity index (χ1v) is 12.2. The number of fused-ring (bicyclic) bond motifs is 1. The second-order valence-corrected chi connectivity index (χ2v) is 9.24. The minimum absolute atomic E-state index is 0.0258. The molecule has 2 aromatic heterocycles. The Morgan fingerprint density at radius 1 is 1.05 bits per heavy atom. The van der Waals surface area contributed by atoms with Gasteiger partial charge in [0.05, 0.1) is 25.4 Å². The molecule has 6 N–H and O–H groups in total. The normalized spacial score (nSPS) is 14.7. The smallest absolute Gasteiger partial charge is 0.256 e. The van der Waals surface area contributed by atoms with Crippen molar-refractivity contribution in [3.8, 4) is 22.9 Å². The van der Waals surface area contributed by atoms with Gasteiger partial charge in [0.1, 0.15) is 22.9 Å². The van der Waals surface area contributed by atoms with Crippen molar-refractivity contribution in [1.29, 1.82) is 0 Å². The molecule has 12 heteroatoms. The van der Waals surface area contributed by atoms with E-state index in [1.54, 1.807) is 36.4 Å². The van der Waals surface area contributed by atoms with Crippen LogP contribution in [0.4, 0.5) is 21.8 Å². The van der Waals surface area contributed by atoms with Crippen LogP contribution >= 0.6 is 0 Å². The van der Waals surface area contributed by atoms with Crippen LogP contribution in [0.1, 0.15) is 42.5 Å². The number of benzene rings is 2. The number of nitrogens with zero attached hydrogens (tertiary/aromatic N) is 4. The number of carbonyl (C=O) groups is 1. The molecule has 38 heavy (non-hydrogen) atoms. The van der Waals surface area contributed by atoms with Gasteiger partial charge in [-0.15, -0.1) is 5.10 Å². The van der Waals surface area contributed by atoms with Crippen LogP contribution in [0.25, 0.3) is 17.0 Å². The molecule has 5 rings (SSSR count). The van der Waals surface area contributed by atoms with Crippen molar-refractivity contribution in [2.24, 2.45) is 11.5 Å². The van der Waals surface area contributed by atoms with E-state index in [0.717, 1.165) is 32.1 Å². The minimum atomic E-state index is -0.793. The van der Waals surface area contributed by atoms with Crippen LogP contribution in [0.3, 0.4) is 0 Å². The lowest BCUT2D eigenvalue weighted by Crippen LogP contribution is -2.49. The highest BCUT2D eigenvalue weighted by Crippen LogP contribution is 2.33. The van der Waals surface area contributed by atoms with Crippen LogP contribution in [0.5, 0.6) is 11.5 Å². The Morgan fingerprint density at radius 2 is 1.74 bits per heavy atom. The summed E-state index contributed by atoms with van der Waals surface area (Å²) in [6, 6.07) is 11.3. The molecule has 1 fully saturated rings. The molecule has 0 spiro atoms. The third kappa shape index (κ3) is 4.90. The highest BCUT2D eigenvalue weighted by atomic mass is 19.1. The zero-order chi connectivity index (χ0) is 26.9. The van der Waals surface area contributed by atoms with Gasteiger partial charge in [0.15, 0.2) is 17.3 Å². The van der Waals surface area contributed by atoms with Crippen molar-refractivity contribution in [2.45, 2.75) is 37.8 Å². The molecule has 0 atom stereocenters. The van der Waals surface area contributed by atoms with E-state index in [2.05, 4.69) is 25.7 Å². The maximum absolute atomic E-state index is 14.6. The Bertz CT molecular complexity index is 1480. The highest BCUT2D eigenvalue weighted by Gasteiger charge is 2.31. The molecule has 198 valence electrons. The average molecular weight is 521 g/mol. The van der Waals surface area contributed by atoms with Crippen LogP contribution in [-0.4, -0.2) is 45.4 Å². The molecule has 1 saturated carbocycles. The Balaban J connectivity index is 1.70. The van der Waals surface area contributed by atoms with Gasteiger partial charge in [0.2, 0.25) is 5.95 Å². The number of nitrogens with one attached hydrogen (secondary N) is 2. The van der Waals surface area contributed by atoms with E-state index in [4.69, 9.17) is 20.9 Å². The molecule has 1 amide bonds. The zero-order valence-electron chi connectivity index (χ0n) is 21.1. The number of methoxy groups -OCH3 is 2. The fourth-order valence-electron chi connectivity index (χ4n) is 4.64. The van der Waals surface area contributed by atoms with Gasteiger partial charge in [-0.2, -0.15) is 9.50 Å². The van der Waals surface area contributed by atoms with Crippen LogP contribution < -0.4 is 31.6 Å². The third-order valence-corrected chi connectivity index (χ3v) is 6.57. The quantitative estimate of drug-likeness (QED) is 0.254. The number of nitrogens with two attached hydrogens (primary N) is 2. The van der Waals surface area contributed by atoms with Gasteiger partial charge < -0.3 is 31.6 Å².